The Hall–Kier alpha value is -2.95. The summed E-state index contributed by atoms with van der Waals surface area (Å²) in [5.74, 6) is -0.366. The van der Waals surface area contributed by atoms with E-state index >= 15 is 0 Å². The molecule has 6 rings (SSSR count). The quantitative estimate of drug-likeness (QED) is 0.466. The van der Waals surface area contributed by atoms with Gasteiger partial charge in [0.2, 0.25) is 0 Å². The van der Waals surface area contributed by atoms with Crippen molar-refractivity contribution < 1.29 is 9.59 Å². The zero-order valence-electron chi connectivity index (χ0n) is 15.9. The molecule has 2 aromatic rings. The first kappa shape index (κ1) is 17.2. The summed E-state index contributed by atoms with van der Waals surface area (Å²) in [6.45, 7) is 6.57. The third kappa shape index (κ3) is 2.28. The number of benzene rings is 1. The number of para-hydroxylation sites is 1. The van der Waals surface area contributed by atoms with E-state index in [1.54, 1.807) is 6.21 Å². The van der Waals surface area contributed by atoms with Gasteiger partial charge in [-0.1, -0.05) is 36.4 Å². The summed E-state index contributed by atoms with van der Waals surface area (Å²) >= 11 is 0. The monoisotopic (exact) mass is 373 g/mol. The Balaban J connectivity index is 1.52. The van der Waals surface area contributed by atoms with Gasteiger partial charge in [-0.05, 0) is 37.7 Å². The maximum absolute atomic E-state index is 13.0. The topological polar surface area (TPSA) is 54.7 Å². The molecule has 142 valence electrons. The first-order valence-corrected chi connectivity index (χ1v) is 9.90. The average molecular weight is 373 g/mol. The fourth-order valence-corrected chi connectivity index (χ4v) is 5.27. The van der Waals surface area contributed by atoms with Crippen molar-refractivity contribution in [2.24, 2.45) is 28.8 Å². The Kier molecular flexibility index (Phi) is 3.86. The lowest BCUT2D eigenvalue weighted by atomic mass is 9.63. The number of imide groups is 1. The molecule has 3 aliphatic carbocycles. The number of nitrogens with zero attached hydrogens (tertiary/aromatic N) is 3. The van der Waals surface area contributed by atoms with Crippen LogP contribution < -0.4 is 0 Å². The number of fused-ring (bicyclic) bond motifs is 2. The number of hydrogen-bond acceptors (Lipinski definition) is 3. The van der Waals surface area contributed by atoms with Gasteiger partial charge in [0.1, 0.15) is 0 Å². The minimum absolute atomic E-state index is 0.141. The van der Waals surface area contributed by atoms with Gasteiger partial charge in [0.05, 0.1) is 18.1 Å². The molecule has 2 amide bonds. The van der Waals surface area contributed by atoms with Gasteiger partial charge in [-0.25, -0.2) is 0 Å². The first-order valence-electron chi connectivity index (χ1n) is 9.90. The summed E-state index contributed by atoms with van der Waals surface area (Å²) in [5, 5.41) is 6.59. The molecule has 4 aliphatic rings. The van der Waals surface area contributed by atoms with Crippen LogP contribution >= 0.6 is 0 Å². The number of aromatic nitrogens is 1. The maximum Gasteiger partial charge on any atom is 0.254 e. The summed E-state index contributed by atoms with van der Waals surface area (Å²) in [6, 6.07) is 8.10. The van der Waals surface area contributed by atoms with Crippen molar-refractivity contribution in [3.63, 3.8) is 0 Å². The van der Waals surface area contributed by atoms with Crippen LogP contribution in [0, 0.1) is 30.6 Å². The summed E-state index contributed by atoms with van der Waals surface area (Å²) in [5.41, 5.74) is 3.08. The zero-order chi connectivity index (χ0) is 19.4. The highest BCUT2D eigenvalue weighted by Crippen LogP contribution is 2.49. The molecular weight excluding hydrogens is 350 g/mol. The van der Waals surface area contributed by atoms with Crippen LogP contribution in [-0.2, 0) is 16.1 Å². The van der Waals surface area contributed by atoms with Crippen LogP contribution in [0.3, 0.4) is 0 Å². The normalized spacial score (nSPS) is 28.7. The van der Waals surface area contributed by atoms with Crippen molar-refractivity contribution in [2.75, 3.05) is 0 Å². The predicted octanol–water partition coefficient (Wildman–Crippen LogP) is 3.67. The summed E-state index contributed by atoms with van der Waals surface area (Å²) in [7, 11) is 0. The molecule has 5 heteroatoms. The largest absolute Gasteiger partial charge is 0.340 e. The van der Waals surface area contributed by atoms with Crippen molar-refractivity contribution in [3.8, 4) is 0 Å². The molecule has 1 aromatic heterocycles. The van der Waals surface area contributed by atoms with E-state index in [-0.39, 0.29) is 35.5 Å². The highest BCUT2D eigenvalue weighted by molar-refractivity contribution is 6.07. The molecule has 0 spiro atoms. The Labute approximate surface area is 164 Å². The average Bonchev–Trinajstić information content (AvgIpc) is 3.15. The third-order valence-electron chi connectivity index (χ3n) is 6.63. The lowest BCUT2D eigenvalue weighted by Gasteiger charge is -2.37. The van der Waals surface area contributed by atoms with Crippen LogP contribution in [0.5, 0.6) is 0 Å². The summed E-state index contributed by atoms with van der Waals surface area (Å²) in [4.78, 5) is 25.9. The summed E-state index contributed by atoms with van der Waals surface area (Å²) < 4.78 is 2.17. The Morgan fingerprint density at radius 3 is 2.36 bits per heavy atom. The second kappa shape index (κ2) is 6.30. The van der Waals surface area contributed by atoms with Gasteiger partial charge in [-0.2, -0.15) is 10.1 Å². The van der Waals surface area contributed by atoms with Crippen molar-refractivity contribution in [2.45, 2.75) is 26.3 Å². The fourth-order valence-electron chi connectivity index (χ4n) is 5.27. The molecule has 5 nitrogen and oxygen atoms in total. The molecule has 0 N–H and O–H groups in total. The minimum atomic E-state index is -0.225. The van der Waals surface area contributed by atoms with Crippen LogP contribution in [-0.4, -0.2) is 27.6 Å². The smallest absolute Gasteiger partial charge is 0.254 e. The molecule has 1 saturated heterocycles. The minimum Gasteiger partial charge on any atom is -0.340 e. The van der Waals surface area contributed by atoms with Gasteiger partial charge in [-0.3, -0.25) is 9.59 Å². The van der Waals surface area contributed by atoms with Gasteiger partial charge in [-0.15, -0.1) is 6.58 Å². The van der Waals surface area contributed by atoms with Gasteiger partial charge in [0.15, 0.2) is 0 Å². The maximum atomic E-state index is 13.0. The van der Waals surface area contributed by atoms with Gasteiger partial charge in [0, 0.05) is 28.7 Å². The number of hydrazone groups is 1. The van der Waals surface area contributed by atoms with Gasteiger partial charge >= 0.3 is 0 Å². The third-order valence-corrected chi connectivity index (χ3v) is 6.63. The van der Waals surface area contributed by atoms with Crippen LogP contribution in [0.2, 0.25) is 0 Å². The van der Waals surface area contributed by atoms with Crippen molar-refractivity contribution in [1.82, 2.24) is 9.58 Å². The number of rotatable bonds is 4. The Morgan fingerprint density at radius 2 is 1.75 bits per heavy atom. The molecule has 2 fully saturated rings. The van der Waals surface area contributed by atoms with E-state index in [1.165, 1.54) is 0 Å². The zero-order valence-corrected chi connectivity index (χ0v) is 15.9. The predicted molar refractivity (Wildman–Crippen MR) is 109 cm³/mol. The van der Waals surface area contributed by atoms with Crippen LogP contribution in [0.1, 0.15) is 24.1 Å². The molecule has 4 atom stereocenters. The molecule has 1 saturated carbocycles. The lowest BCUT2D eigenvalue weighted by molar-refractivity contribution is -0.140. The van der Waals surface area contributed by atoms with Crippen LogP contribution in [0.4, 0.5) is 0 Å². The van der Waals surface area contributed by atoms with Gasteiger partial charge in [0.25, 0.3) is 11.8 Å². The van der Waals surface area contributed by atoms with Crippen molar-refractivity contribution in [3.05, 3.63) is 60.3 Å². The molecule has 0 unspecified atom stereocenters. The van der Waals surface area contributed by atoms with E-state index in [0.29, 0.717) is 6.54 Å². The lowest BCUT2D eigenvalue weighted by Crippen LogP contribution is -2.38. The second-order valence-corrected chi connectivity index (χ2v) is 7.99. The standard InChI is InChI=1S/C23H23N3O2/c1-3-12-25-14(2)18(17-6-4-5-7-19(17)25)13-24-26-22(27)20-15-8-9-16(11-10-15)21(20)23(26)28/h3-9,13,15-16,20-21H,1,10-12H2,2H3/b24-13-/t15-,16-,20-,21+/m0/s1. The van der Waals surface area contributed by atoms with Gasteiger partial charge < -0.3 is 4.57 Å². The van der Waals surface area contributed by atoms with E-state index in [4.69, 9.17) is 0 Å². The Morgan fingerprint density at radius 1 is 1.11 bits per heavy atom. The highest BCUT2D eigenvalue weighted by Gasteiger charge is 2.56. The van der Waals surface area contributed by atoms with Crippen LogP contribution in [0.25, 0.3) is 10.9 Å². The molecule has 2 bridgehead atoms. The number of carbonyl (C=O) groups is 2. The van der Waals surface area contributed by atoms with E-state index in [9.17, 15) is 9.59 Å². The van der Waals surface area contributed by atoms with Crippen LogP contribution in [0.15, 0.2) is 54.2 Å². The molecule has 1 aliphatic heterocycles. The molecule has 1 aromatic carbocycles. The van der Waals surface area contributed by atoms with E-state index < -0.39 is 0 Å². The SMILES string of the molecule is C=CCn1c(C)c(/C=N\N2C(=O)[C@@H]3[C@H](C2=O)[C@H]2C=C[C@H]3CC2)c2ccccc21. The van der Waals surface area contributed by atoms with E-state index in [0.717, 1.165) is 40.0 Å². The molecular formula is C23H23N3O2. The van der Waals surface area contributed by atoms with Crippen molar-refractivity contribution in [1.29, 1.82) is 0 Å². The number of amides is 2. The number of allylic oxidation sites excluding steroid dienone is 3. The first-order chi connectivity index (χ1) is 13.6. The molecule has 28 heavy (non-hydrogen) atoms. The number of hydrogen-bond donors (Lipinski definition) is 0. The van der Waals surface area contributed by atoms with E-state index in [2.05, 4.69) is 34.5 Å². The molecule has 2 heterocycles. The highest BCUT2D eigenvalue weighted by atomic mass is 16.2. The summed E-state index contributed by atoms with van der Waals surface area (Å²) in [6.07, 6.45) is 9.78. The Bertz CT molecular complexity index is 1030. The second-order valence-electron chi connectivity index (χ2n) is 7.99. The number of carbonyl (C=O) groups excluding carboxylic acids is 2. The molecule has 0 radical (unpaired) electrons. The van der Waals surface area contributed by atoms with Crippen molar-refractivity contribution >= 4 is 28.9 Å². The van der Waals surface area contributed by atoms with E-state index in [1.807, 2.05) is 31.2 Å². The fraction of sp³-hybridized carbons (Fsp3) is 0.348.